The molecule has 156 valence electrons. The van der Waals surface area contributed by atoms with Crippen molar-refractivity contribution < 1.29 is 19.5 Å². The number of carbonyl (C=O) groups is 1. The van der Waals surface area contributed by atoms with Gasteiger partial charge in [0.1, 0.15) is 13.2 Å². The van der Waals surface area contributed by atoms with Gasteiger partial charge in [-0.05, 0) is 32.8 Å². The quantitative estimate of drug-likeness (QED) is 0.428. The summed E-state index contributed by atoms with van der Waals surface area (Å²) in [5.74, 6) is -0.218. The van der Waals surface area contributed by atoms with Gasteiger partial charge in [-0.25, -0.2) is 14.9 Å². The number of nitro benzene ring substituents is 1. The Balaban J connectivity index is 1.49. The zero-order chi connectivity index (χ0) is 22.0. The van der Waals surface area contributed by atoms with Crippen molar-refractivity contribution in [2.45, 2.75) is 12.5 Å². The van der Waals surface area contributed by atoms with Crippen LogP contribution in [-0.4, -0.2) is 27.7 Å². The molecule has 0 radical (unpaired) electrons. The summed E-state index contributed by atoms with van der Waals surface area (Å²) in [6.45, 7) is -0.418. The average molecular weight is 419 g/mol. The predicted octanol–water partition coefficient (Wildman–Crippen LogP) is 4.54. The molecule has 1 amide bonds. The van der Waals surface area contributed by atoms with E-state index < -0.39 is 16.0 Å². The largest absolute Gasteiger partial charge is 0.468 e. The molecule has 0 saturated carbocycles. The van der Waals surface area contributed by atoms with Crippen molar-refractivity contribution in [1.29, 1.82) is 0 Å². The molecule has 9 heteroatoms. The van der Waals surface area contributed by atoms with E-state index in [0.29, 0.717) is 10.6 Å². The fourth-order valence-corrected chi connectivity index (χ4v) is 3.75. The molecule has 0 aromatic heterocycles. The zero-order valence-corrected chi connectivity index (χ0v) is 16.2. The van der Waals surface area contributed by atoms with Crippen LogP contribution in [0.25, 0.3) is 11.1 Å². The predicted molar refractivity (Wildman–Crippen MR) is 111 cm³/mol. The van der Waals surface area contributed by atoms with Gasteiger partial charge in [-0.15, -0.1) is 0 Å². The van der Waals surface area contributed by atoms with Crippen LogP contribution in [0.2, 0.25) is 0 Å². The van der Waals surface area contributed by atoms with Crippen LogP contribution >= 0.6 is 0 Å². The summed E-state index contributed by atoms with van der Waals surface area (Å²) in [6, 6.07) is 20.8. The van der Waals surface area contributed by atoms with Gasteiger partial charge in [0.15, 0.2) is 5.03 Å². The Hall–Kier alpha value is -4.27. The molecule has 0 heterocycles. The molecule has 0 N–H and O–H groups in total. The third-order valence-electron chi connectivity index (χ3n) is 5.22. The third kappa shape index (κ3) is 3.93. The molecule has 3 aromatic carbocycles. The topological polar surface area (TPSA) is 116 Å². The van der Waals surface area contributed by atoms with Gasteiger partial charge < -0.3 is 4.74 Å². The van der Waals surface area contributed by atoms with Gasteiger partial charge in [0.25, 0.3) is 5.69 Å². The van der Waals surface area contributed by atoms with E-state index >= 15 is 0 Å². The molecule has 1 aliphatic carbocycles. The van der Waals surface area contributed by atoms with E-state index in [1.54, 1.807) is 0 Å². The summed E-state index contributed by atoms with van der Waals surface area (Å²) >= 11 is 0. The summed E-state index contributed by atoms with van der Waals surface area (Å²) in [7, 11) is 0. The number of non-ortho nitro benzene ring substituents is 1. The lowest BCUT2D eigenvalue weighted by Gasteiger charge is -2.16. The van der Waals surface area contributed by atoms with E-state index in [1.807, 2.05) is 48.5 Å². The van der Waals surface area contributed by atoms with Crippen LogP contribution in [0.1, 0.15) is 22.6 Å². The Morgan fingerprint density at radius 2 is 1.42 bits per heavy atom. The summed E-state index contributed by atoms with van der Waals surface area (Å²) < 4.78 is 5.33. The fourth-order valence-electron chi connectivity index (χ4n) is 3.75. The molecule has 0 unspecified atom stereocenters. The lowest BCUT2D eigenvalue weighted by Crippen LogP contribution is -2.36. The standard InChI is InChI=1S/C22H17N3O6/c26-22(23(25(29)30)13-15-9-11-16(12-10-15)24(27)28)31-14-21-19-7-3-1-5-17(19)18-6-2-4-8-20(18)21/h1-12,21H,13-14H2. The van der Waals surface area contributed by atoms with Crippen LogP contribution in [-0.2, 0) is 11.3 Å². The summed E-state index contributed by atoms with van der Waals surface area (Å²) in [6.07, 6.45) is -1.09. The summed E-state index contributed by atoms with van der Waals surface area (Å²) in [4.78, 5) is 34.1. The first-order valence-electron chi connectivity index (χ1n) is 9.46. The minimum absolute atomic E-state index is 0.0442. The number of hydrogen-bond donors (Lipinski definition) is 0. The first-order valence-corrected chi connectivity index (χ1v) is 9.46. The number of nitro groups is 2. The number of hydrazine groups is 1. The Bertz CT molecular complexity index is 1120. The molecule has 3 aromatic rings. The fraction of sp³-hybridized carbons (Fsp3) is 0.136. The molecule has 9 nitrogen and oxygen atoms in total. The molecule has 0 bridgehead atoms. The first kappa shape index (κ1) is 20.0. The van der Waals surface area contributed by atoms with Crippen molar-refractivity contribution in [2.75, 3.05) is 6.61 Å². The first-order chi connectivity index (χ1) is 15.0. The SMILES string of the molecule is O=C(OCC1c2ccccc2-c2ccccc21)N(Cc1ccc([N+](=O)[O-])cc1)[N+](=O)[O-]. The van der Waals surface area contributed by atoms with E-state index in [4.69, 9.17) is 4.74 Å². The van der Waals surface area contributed by atoms with E-state index in [9.17, 15) is 25.0 Å². The molecule has 0 atom stereocenters. The van der Waals surface area contributed by atoms with Gasteiger partial charge in [0.05, 0.1) is 4.92 Å². The van der Waals surface area contributed by atoms with E-state index in [-0.39, 0.29) is 24.8 Å². The maximum atomic E-state index is 12.5. The monoisotopic (exact) mass is 419 g/mol. The number of rotatable bonds is 6. The summed E-state index contributed by atoms with van der Waals surface area (Å²) in [5.41, 5.74) is 4.33. The smallest absolute Gasteiger partial charge is 0.445 e. The molecule has 0 spiro atoms. The number of benzene rings is 3. The van der Waals surface area contributed by atoms with Gasteiger partial charge in [-0.2, -0.15) is 0 Å². The normalized spacial score (nSPS) is 12.0. The molecule has 4 rings (SSSR count). The highest BCUT2D eigenvalue weighted by Gasteiger charge is 2.32. The van der Waals surface area contributed by atoms with Gasteiger partial charge >= 0.3 is 6.09 Å². The van der Waals surface area contributed by atoms with Crippen LogP contribution in [0, 0.1) is 20.2 Å². The molecule has 0 saturated heterocycles. The number of amides is 1. The van der Waals surface area contributed by atoms with Crippen molar-refractivity contribution in [3.05, 3.63) is 110 Å². The van der Waals surface area contributed by atoms with Crippen molar-refractivity contribution >= 4 is 11.8 Å². The van der Waals surface area contributed by atoms with Crippen molar-refractivity contribution in [3.8, 4) is 11.1 Å². The van der Waals surface area contributed by atoms with Crippen LogP contribution in [0.4, 0.5) is 10.5 Å². The molecule has 1 aliphatic rings. The van der Waals surface area contributed by atoms with Crippen LogP contribution in [0.5, 0.6) is 0 Å². The highest BCUT2D eigenvalue weighted by atomic mass is 16.7. The summed E-state index contributed by atoms with van der Waals surface area (Å²) in [5, 5.41) is 21.7. The number of nitrogens with zero attached hydrogens (tertiary/aromatic N) is 3. The Kier molecular flexibility index (Phi) is 5.31. The van der Waals surface area contributed by atoms with Crippen molar-refractivity contribution in [1.82, 2.24) is 5.01 Å². The zero-order valence-electron chi connectivity index (χ0n) is 16.2. The average Bonchev–Trinajstić information content (AvgIpc) is 3.09. The number of carbonyl (C=O) groups excluding carboxylic acids is 1. The molecule has 31 heavy (non-hydrogen) atoms. The van der Waals surface area contributed by atoms with Gasteiger partial charge in [-0.1, -0.05) is 60.7 Å². The van der Waals surface area contributed by atoms with Crippen LogP contribution in [0.3, 0.4) is 0 Å². The van der Waals surface area contributed by atoms with Crippen molar-refractivity contribution in [3.63, 3.8) is 0 Å². The maximum absolute atomic E-state index is 12.5. The van der Waals surface area contributed by atoms with Crippen LogP contribution in [0.15, 0.2) is 72.8 Å². The highest BCUT2D eigenvalue weighted by Crippen LogP contribution is 2.44. The second-order valence-corrected chi connectivity index (χ2v) is 7.02. The van der Waals surface area contributed by atoms with E-state index in [0.717, 1.165) is 22.3 Å². The molecule has 0 fully saturated rings. The van der Waals surface area contributed by atoms with E-state index in [1.165, 1.54) is 24.3 Å². The van der Waals surface area contributed by atoms with Gasteiger partial charge in [-0.3, -0.25) is 10.1 Å². The lowest BCUT2D eigenvalue weighted by atomic mass is 9.98. The molecular weight excluding hydrogens is 402 g/mol. The minimum Gasteiger partial charge on any atom is -0.445 e. The van der Waals surface area contributed by atoms with Crippen LogP contribution < -0.4 is 0 Å². The number of fused-ring (bicyclic) bond motifs is 3. The highest BCUT2D eigenvalue weighted by molar-refractivity contribution is 5.79. The number of ether oxygens (including phenoxy) is 1. The Morgan fingerprint density at radius 3 is 1.94 bits per heavy atom. The van der Waals surface area contributed by atoms with E-state index in [2.05, 4.69) is 0 Å². The second kappa shape index (κ2) is 8.23. The lowest BCUT2D eigenvalue weighted by molar-refractivity contribution is -0.639. The minimum atomic E-state index is -1.09. The van der Waals surface area contributed by atoms with Crippen molar-refractivity contribution in [2.24, 2.45) is 0 Å². The Labute approximate surface area is 176 Å². The Morgan fingerprint density at radius 1 is 0.871 bits per heavy atom. The van der Waals surface area contributed by atoms with Gasteiger partial charge in [0.2, 0.25) is 0 Å². The molecular formula is C22H17N3O6. The van der Waals surface area contributed by atoms with Gasteiger partial charge in [0, 0.05) is 18.1 Å². The second-order valence-electron chi connectivity index (χ2n) is 7.02. The maximum Gasteiger partial charge on any atom is 0.468 e. The molecule has 0 aliphatic heterocycles. The number of hydrogen-bond acceptors (Lipinski definition) is 6. The third-order valence-corrected chi connectivity index (χ3v) is 5.22.